The van der Waals surface area contributed by atoms with Crippen molar-refractivity contribution in [2.24, 2.45) is 0 Å². The van der Waals surface area contributed by atoms with E-state index in [0.29, 0.717) is 12.5 Å². The normalized spacial score (nSPS) is 14.9. The fourth-order valence-electron chi connectivity index (χ4n) is 1.63. The Morgan fingerprint density at radius 2 is 2.38 bits per heavy atom. The fraction of sp³-hybridized carbons (Fsp3) is 0.364. The summed E-state index contributed by atoms with van der Waals surface area (Å²) < 4.78 is 5.06. The Hall–Kier alpha value is -1.20. The van der Waals surface area contributed by atoms with Gasteiger partial charge in [-0.2, -0.15) is 0 Å². The molecule has 0 unspecified atom stereocenters. The molecule has 0 atom stereocenters. The first-order valence-corrected chi connectivity index (χ1v) is 5.98. The Bertz CT molecular complexity index is 409. The van der Waals surface area contributed by atoms with Gasteiger partial charge in [0.15, 0.2) is 0 Å². The van der Waals surface area contributed by atoms with E-state index in [4.69, 9.17) is 4.74 Å². The van der Waals surface area contributed by atoms with Crippen LogP contribution in [-0.4, -0.2) is 32.5 Å². The van der Waals surface area contributed by atoms with E-state index in [1.54, 1.807) is 23.8 Å². The zero-order chi connectivity index (χ0) is 11.5. The molecule has 1 aromatic carbocycles. The minimum atomic E-state index is 0.0904. The van der Waals surface area contributed by atoms with Crippen molar-refractivity contribution in [2.75, 3.05) is 36.9 Å². The maximum Gasteiger partial charge on any atom is 0.239 e. The number of nitrogens with one attached hydrogen (secondary N) is 1. The number of methoxy groups -OCH3 is 1. The van der Waals surface area contributed by atoms with Crippen LogP contribution in [-0.2, 0) is 9.53 Å². The number of carbonyl (C=O) groups is 1. The van der Waals surface area contributed by atoms with Gasteiger partial charge in [-0.05, 0) is 18.2 Å². The van der Waals surface area contributed by atoms with E-state index in [9.17, 15) is 4.79 Å². The summed E-state index contributed by atoms with van der Waals surface area (Å²) in [5, 5.41) is 3.07. The molecule has 4 nitrogen and oxygen atoms in total. The highest BCUT2D eigenvalue weighted by atomic mass is 32.2. The quantitative estimate of drug-likeness (QED) is 0.871. The van der Waals surface area contributed by atoms with Crippen molar-refractivity contribution >= 4 is 29.0 Å². The van der Waals surface area contributed by atoms with Crippen molar-refractivity contribution in [3.8, 4) is 0 Å². The number of amides is 1. The van der Waals surface area contributed by atoms with Gasteiger partial charge >= 0.3 is 0 Å². The van der Waals surface area contributed by atoms with Gasteiger partial charge in [-0.25, -0.2) is 0 Å². The molecule has 1 amide bonds. The van der Waals surface area contributed by atoms with Crippen LogP contribution in [0.2, 0.25) is 0 Å². The van der Waals surface area contributed by atoms with Gasteiger partial charge in [0.05, 0.1) is 11.4 Å². The molecule has 1 aliphatic heterocycles. The van der Waals surface area contributed by atoms with Gasteiger partial charge in [0.25, 0.3) is 0 Å². The standard InChI is InChI=1S/C11H14N2O2S/c1-12-8-3-4-10-9(5-8)13(7-15-2)11(14)6-16-10/h3-5,12H,6-7H2,1-2H3. The minimum Gasteiger partial charge on any atom is -0.388 e. The second-order valence-electron chi connectivity index (χ2n) is 3.46. The molecule has 1 N–H and O–H groups in total. The lowest BCUT2D eigenvalue weighted by molar-refractivity contribution is -0.117. The van der Waals surface area contributed by atoms with Crippen molar-refractivity contribution in [1.82, 2.24) is 0 Å². The van der Waals surface area contributed by atoms with Crippen LogP contribution >= 0.6 is 11.8 Å². The van der Waals surface area contributed by atoms with Crippen LogP contribution in [0.4, 0.5) is 11.4 Å². The third kappa shape index (κ3) is 2.01. The van der Waals surface area contributed by atoms with Gasteiger partial charge < -0.3 is 10.1 Å². The van der Waals surface area contributed by atoms with Gasteiger partial charge in [-0.3, -0.25) is 9.69 Å². The number of ether oxygens (including phenoxy) is 1. The van der Waals surface area contributed by atoms with Crippen molar-refractivity contribution in [1.29, 1.82) is 0 Å². The average molecular weight is 238 g/mol. The zero-order valence-corrected chi connectivity index (χ0v) is 10.1. The van der Waals surface area contributed by atoms with E-state index >= 15 is 0 Å². The predicted molar refractivity (Wildman–Crippen MR) is 66.1 cm³/mol. The lowest BCUT2D eigenvalue weighted by atomic mass is 10.2. The summed E-state index contributed by atoms with van der Waals surface area (Å²) in [6, 6.07) is 6.01. The molecule has 16 heavy (non-hydrogen) atoms. The first-order valence-electron chi connectivity index (χ1n) is 5.00. The summed E-state index contributed by atoms with van der Waals surface area (Å²) in [6.07, 6.45) is 0. The molecule has 0 saturated heterocycles. The van der Waals surface area contributed by atoms with Crippen molar-refractivity contribution in [3.63, 3.8) is 0 Å². The SMILES string of the molecule is CNc1ccc2c(c1)N(COC)C(=O)CS2. The first-order chi connectivity index (χ1) is 7.76. The van der Waals surface area contributed by atoms with Crippen LogP contribution in [0.3, 0.4) is 0 Å². The van der Waals surface area contributed by atoms with E-state index in [2.05, 4.69) is 5.32 Å². The van der Waals surface area contributed by atoms with E-state index in [-0.39, 0.29) is 5.91 Å². The Balaban J connectivity index is 2.39. The largest absolute Gasteiger partial charge is 0.388 e. The molecular formula is C11H14N2O2S. The molecule has 5 heteroatoms. The van der Waals surface area contributed by atoms with Crippen molar-refractivity contribution < 1.29 is 9.53 Å². The summed E-state index contributed by atoms with van der Waals surface area (Å²) in [5.41, 5.74) is 1.92. The van der Waals surface area contributed by atoms with Gasteiger partial charge in [0, 0.05) is 24.7 Å². The van der Waals surface area contributed by atoms with E-state index in [1.165, 1.54) is 0 Å². The van der Waals surface area contributed by atoms with Gasteiger partial charge in [-0.15, -0.1) is 11.8 Å². The minimum absolute atomic E-state index is 0.0904. The molecule has 1 aliphatic rings. The molecule has 1 aromatic rings. The maximum absolute atomic E-state index is 11.8. The zero-order valence-electron chi connectivity index (χ0n) is 9.32. The number of hydrogen-bond donors (Lipinski definition) is 1. The monoisotopic (exact) mass is 238 g/mol. The highest BCUT2D eigenvalue weighted by Gasteiger charge is 2.24. The molecule has 0 aliphatic carbocycles. The molecule has 86 valence electrons. The first kappa shape index (κ1) is 11.3. The topological polar surface area (TPSA) is 41.6 Å². The van der Waals surface area contributed by atoms with Crippen LogP contribution in [0.15, 0.2) is 23.1 Å². The molecule has 0 aromatic heterocycles. The number of fused-ring (bicyclic) bond motifs is 1. The second kappa shape index (κ2) is 4.76. The molecule has 0 spiro atoms. The summed E-state index contributed by atoms with van der Waals surface area (Å²) >= 11 is 1.57. The molecule has 1 heterocycles. The molecular weight excluding hydrogens is 224 g/mol. The highest BCUT2D eigenvalue weighted by molar-refractivity contribution is 8.00. The third-order valence-corrected chi connectivity index (χ3v) is 3.50. The smallest absolute Gasteiger partial charge is 0.239 e. The Morgan fingerprint density at radius 1 is 1.56 bits per heavy atom. The van der Waals surface area contributed by atoms with Crippen molar-refractivity contribution in [2.45, 2.75) is 4.90 Å². The Morgan fingerprint density at radius 3 is 3.06 bits per heavy atom. The van der Waals surface area contributed by atoms with Crippen LogP contribution in [0.25, 0.3) is 0 Å². The van der Waals surface area contributed by atoms with Gasteiger partial charge in [0.1, 0.15) is 6.73 Å². The number of nitrogens with zero attached hydrogens (tertiary/aromatic N) is 1. The number of carbonyl (C=O) groups excluding carboxylic acids is 1. The number of anilines is 2. The number of hydrogen-bond acceptors (Lipinski definition) is 4. The van der Waals surface area contributed by atoms with E-state index in [0.717, 1.165) is 16.3 Å². The lowest BCUT2D eigenvalue weighted by Gasteiger charge is -2.28. The van der Waals surface area contributed by atoms with Crippen LogP contribution < -0.4 is 10.2 Å². The van der Waals surface area contributed by atoms with Crippen molar-refractivity contribution in [3.05, 3.63) is 18.2 Å². The Kier molecular flexibility index (Phi) is 3.36. The summed E-state index contributed by atoms with van der Waals surface area (Å²) in [4.78, 5) is 14.5. The Labute approximate surface area is 99.0 Å². The van der Waals surface area contributed by atoms with Crippen LogP contribution in [0.5, 0.6) is 0 Å². The summed E-state index contributed by atoms with van der Waals surface area (Å²) in [6.45, 7) is 0.305. The molecule has 0 radical (unpaired) electrons. The number of benzene rings is 1. The fourth-order valence-corrected chi connectivity index (χ4v) is 2.54. The van der Waals surface area contributed by atoms with Crippen LogP contribution in [0.1, 0.15) is 0 Å². The summed E-state index contributed by atoms with van der Waals surface area (Å²) in [5.74, 6) is 0.572. The number of thioether (sulfide) groups is 1. The third-order valence-electron chi connectivity index (χ3n) is 2.45. The van der Waals surface area contributed by atoms with E-state index in [1.807, 2.05) is 25.2 Å². The predicted octanol–water partition coefficient (Wildman–Crippen LogP) is 1.77. The van der Waals surface area contributed by atoms with Gasteiger partial charge in [0.2, 0.25) is 5.91 Å². The molecule has 0 saturated carbocycles. The molecule has 2 rings (SSSR count). The lowest BCUT2D eigenvalue weighted by Crippen LogP contribution is -2.36. The van der Waals surface area contributed by atoms with E-state index < -0.39 is 0 Å². The molecule has 0 fully saturated rings. The second-order valence-corrected chi connectivity index (χ2v) is 4.48. The van der Waals surface area contributed by atoms with Gasteiger partial charge in [-0.1, -0.05) is 0 Å². The summed E-state index contributed by atoms with van der Waals surface area (Å²) in [7, 11) is 3.46. The highest BCUT2D eigenvalue weighted by Crippen LogP contribution is 2.36. The maximum atomic E-state index is 11.8. The molecule has 0 bridgehead atoms. The number of rotatable bonds is 3. The average Bonchev–Trinajstić information content (AvgIpc) is 2.32. The van der Waals surface area contributed by atoms with Crippen LogP contribution in [0, 0.1) is 0 Å².